The van der Waals surface area contributed by atoms with Gasteiger partial charge in [-0.1, -0.05) is 97.1 Å². The van der Waals surface area contributed by atoms with Crippen LogP contribution in [0.25, 0.3) is 22.7 Å². The maximum Gasteiger partial charge on any atom is 0.326 e. The van der Waals surface area contributed by atoms with E-state index in [1.165, 1.54) is 11.3 Å². The highest BCUT2D eigenvalue weighted by Gasteiger charge is 2.42. The smallest absolute Gasteiger partial charge is 0.326 e. The Kier molecular flexibility index (Phi) is 6.60. The van der Waals surface area contributed by atoms with Gasteiger partial charge in [0.2, 0.25) is 5.82 Å². The number of carbonyl (C=O) groups is 2. The molecule has 0 saturated heterocycles. The average molecular weight is 597 g/mol. The summed E-state index contributed by atoms with van der Waals surface area (Å²) in [5.74, 6) is -0.650. The van der Waals surface area contributed by atoms with Crippen molar-refractivity contribution < 1.29 is 14.7 Å². The van der Waals surface area contributed by atoms with Crippen molar-refractivity contribution in [2.45, 2.75) is 5.54 Å². The molecule has 4 aromatic carbocycles. The van der Waals surface area contributed by atoms with E-state index in [1.54, 1.807) is 40.5 Å². The third-order valence-electron chi connectivity index (χ3n) is 7.68. The third kappa shape index (κ3) is 4.19. The Morgan fingerprint density at radius 3 is 1.91 bits per heavy atom. The summed E-state index contributed by atoms with van der Waals surface area (Å²) in [4.78, 5) is 28.6. The Balaban J connectivity index is 1.43. The second-order valence-electron chi connectivity index (χ2n) is 10.1. The molecule has 1 aliphatic rings. The number of aliphatic hydroxyl groups is 1. The number of amides is 3. The summed E-state index contributed by atoms with van der Waals surface area (Å²) in [5, 5.41) is 26.9. The standard InChI is InChI=1S/C34H24N6O3S/c35-33(43)39-27-19-18-22(21-26(27)29(32(39)42)30(41)28-17-10-20-44-28)31-36-38-40(37-31)34(23-11-4-1-5-12-23,24-13-6-2-7-14-24)25-15-8-3-9-16-25/h1-21,41H,(H2,35,43)/b30-29+. The van der Waals surface area contributed by atoms with Crippen molar-refractivity contribution in [2.75, 3.05) is 4.90 Å². The largest absolute Gasteiger partial charge is 0.506 e. The van der Waals surface area contributed by atoms with Crippen LogP contribution in [0.4, 0.5) is 10.5 Å². The molecule has 1 aliphatic heterocycles. The number of primary amides is 1. The van der Waals surface area contributed by atoms with E-state index in [0.29, 0.717) is 21.8 Å². The van der Waals surface area contributed by atoms with Gasteiger partial charge in [-0.25, -0.2) is 9.69 Å². The van der Waals surface area contributed by atoms with E-state index in [4.69, 9.17) is 10.8 Å². The van der Waals surface area contributed by atoms with Gasteiger partial charge in [0.1, 0.15) is 5.76 Å². The molecule has 0 radical (unpaired) electrons. The molecule has 0 bridgehead atoms. The Morgan fingerprint density at radius 1 is 0.795 bits per heavy atom. The Labute approximate surface area is 256 Å². The molecule has 0 saturated carbocycles. The molecule has 0 unspecified atom stereocenters. The molecule has 3 amide bonds. The maximum absolute atomic E-state index is 13.4. The van der Waals surface area contributed by atoms with Gasteiger partial charge in [-0.05, 0) is 51.5 Å². The summed E-state index contributed by atoms with van der Waals surface area (Å²) in [6, 6.07) is 37.4. The van der Waals surface area contributed by atoms with Crippen LogP contribution in [0.5, 0.6) is 0 Å². The zero-order valence-corrected chi connectivity index (χ0v) is 23.9. The van der Waals surface area contributed by atoms with Crippen molar-refractivity contribution in [3.8, 4) is 11.4 Å². The second kappa shape index (κ2) is 10.8. The first-order valence-corrected chi connectivity index (χ1v) is 14.6. The molecular weight excluding hydrogens is 572 g/mol. The van der Waals surface area contributed by atoms with Gasteiger partial charge in [0, 0.05) is 11.1 Å². The van der Waals surface area contributed by atoms with Crippen molar-refractivity contribution in [1.82, 2.24) is 20.2 Å². The van der Waals surface area contributed by atoms with Crippen LogP contribution in [0.3, 0.4) is 0 Å². The summed E-state index contributed by atoms with van der Waals surface area (Å²) >= 11 is 1.27. The van der Waals surface area contributed by atoms with Crippen molar-refractivity contribution in [3.05, 3.63) is 154 Å². The fourth-order valence-corrected chi connectivity index (χ4v) is 6.42. The molecule has 10 heteroatoms. The number of urea groups is 1. The molecule has 9 nitrogen and oxygen atoms in total. The van der Waals surface area contributed by atoms with Crippen LogP contribution >= 0.6 is 11.3 Å². The lowest BCUT2D eigenvalue weighted by molar-refractivity contribution is -0.112. The van der Waals surface area contributed by atoms with Crippen LogP contribution in [0, 0.1) is 0 Å². The number of benzene rings is 4. The first kappa shape index (κ1) is 27.0. The number of fused-ring (bicyclic) bond motifs is 1. The van der Waals surface area contributed by atoms with Gasteiger partial charge in [-0.2, -0.15) is 0 Å². The van der Waals surface area contributed by atoms with Crippen molar-refractivity contribution in [1.29, 1.82) is 0 Å². The topological polar surface area (TPSA) is 127 Å². The van der Waals surface area contributed by atoms with E-state index in [-0.39, 0.29) is 17.0 Å². The number of imide groups is 1. The van der Waals surface area contributed by atoms with Crippen LogP contribution in [0.15, 0.2) is 127 Å². The quantitative estimate of drug-likeness (QED) is 0.136. The monoisotopic (exact) mass is 596 g/mol. The van der Waals surface area contributed by atoms with Crippen LogP contribution in [0.1, 0.15) is 27.1 Å². The number of rotatable bonds is 6. The fourth-order valence-electron chi connectivity index (χ4n) is 5.75. The lowest BCUT2D eigenvalue weighted by Crippen LogP contribution is -2.39. The lowest BCUT2D eigenvalue weighted by Gasteiger charge is -2.34. The fraction of sp³-hybridized carbons (Fsp3) is 0.0294. The van der Waals surface area contributed by atoms with E-state index < -0.39 is 17.5 Å². The number of tetrazole rings is 1. The second-order valence-corrected chi connectivity index (χ2v) is 11.1. The van der Waals surface area contributed by atoms with Crippen LogP contribution in [0.2, 0.25) is 0 Å². The van der Waals surface area contributed by atoms with E-state index in [0.717, 1.165) is 21.6 Å². The van der Waals surface area contributed by atoms with Crippen molar-refractivity contribution >= 4 is 40.3 Å². The number of nitrogens with two attached hydrogens (primary N) is 1. The average Bonchev–Trinajstić information content (AvgIpc) is 3.83. The number of thiophene rings is 1. The summed E-state index contributed by atoms with van der Waals surface area (Å²) < 4.78 is 0. The molecule has 0 aliphatic carbocycles. The Morgan fingerprint density at radius 2 is 1.39 bits per heavy atom. The SMILES string of the molecule is NC(=O)N1C(=O)/C(=C(/O)c2cccs2)c2cc(-c3nnn(C(c4ccccc4)(c4ccccc4)c4ccccc4)n3)ccc21. The highest BCUT2D eigenvalue weighted by atomic mass is 32.1. The van der Waals surface area contributed by atoms with Gasteiger partial charge in [-0.3, -0.25) is 4.79 Å². The van der Waals surface area contributed by atoms with Crippen LogP contribution in [-0.2, 0) is 10.3 Å². The minimum Gasteiger partial charge on any atom is -0.506 e. The third-order valence-corrected chi connectivity index (χ3v) is 8.56. The number of hydrogen-bond donors (Lipinski definition) is 2. The predicted octanol–water partition coefficient (Wildman–Crippen LogP) is 6.09. The minimum atomic E-state index is -0.965. The van der Waals surface area contributed by atoms with E-state index >= 15 is 0 Å². The molecule has 7 rings (SSSR count). The molecule has 3 N–H and O–H groups in total. The molecule has 0 fully saturated rings. The van der Waals surface area contributed by atoms with E-state index in [1.807, 2.05) is 91.0 Å². The molecule has 44 heavy (non-hydrogen) atoms. The summed E-state index contributed by atoms with van der Waals surface area (Å²) in [6.45, 7) is 0. The molecule has 6 aromatic rings. The first-order valence-electron chi connectivity index (χ1n) is 13.7. The molecule has 214 valence electrons. The summed E-state index contributed by atoms with van der Waals surface area (Å²) in [6.07, 6.45) is 0. The van der Waals surface area contributed by atoms with Gasteiger partial charge in [0.15, 0.2) is 5.54 Å². The Bertz CT molecular complexity index is 1930. The minimum absolute atomic E-state index is 0.0253. The van der Waals surface area contributed by atoms with E-state index in [9.17, 15) is 14.7 Å². The van der Waals surface area contributed by atoms with Gasteiger partial charge in [-0.15, -0.1) is 26.3 Å². The summed E-state index contributed by atoms with van der Waals surface area (Å²) in [7, 11) is 0. The predicted molar refractivity (Wildman–Crippen MR) is 169 cm³/mol. The molecule has 0 spiro atoms. The lowest BCUT2D eigenvalue weighted by atomic mass is 9.77. The first-order chi connectivity index (χ1) is 21.5. The van der Waals surface area contributed by atoms with Gasteiger partial charge in [0.05, 0.1) is 16.1 Å². The maximum atomic E-state index is 13.4. The number of aromatic nitrogens is 4. The highest BCUT2D eigenvalue weighted by molar-refractivity contribution is 7.11. The number of aliphatic hydroxyl groups excluding tert-OH is 1. The zero-order chi connectivity index (χ0) is 30.3. The number of carbonyl (C=O) groups excluding carboxylic acids is 2. The zero-order valence-electron chi connectivity index (χ0n) is 23.1. The Hall–Kier alpha value is -5.87. The number of nitrogens with zero attached hydrogens (tertiary/aromatic N) is 5. The molecule has 2 aromatic heterocycles. The van der Waals surface area contributed by atoms with Crippen LogP contribution < -0.4 is 10.6 Å². The number of anilines is 1. The normalized spacial score (nSPS) is 14.0. The van der Waals surface area contributed by atoms with E-state index in [2.05, 4.69) is 10.3 Å². The van der Waals surface area contributed by atoms with Crippen molar-refractivity contribution in [2.24, 2.45) is 5.73 Å². The highest BCUT2D eigenvalue weighted by Crippen LogP contribution is 2.43. The van der Waals surface area contributed by atoms with Gasteiger partial charge in [0.25, 0.3) is 5.91 Å². The summed E-state index contributed by atoms with van der Waals surface area (Å²) in [5.41, 5.74) is 8.53. The van der Waals surface area contributed by atoms with Gasteiger partial charge >= 0.3 is 6.03 Å². The van der Waals surface area contributed by atoms with Gasteiger partial charge < -0.3 is 10.8 Å². The van der Waals surface area contributed by atoms with Crippen molar-refractivity contribution in [3.63, 3.8) is 0 Å². The molecule has 3 heterocycles. The number of hydrogen-bond acceptors (Lipinski definition) is 7. The molecule has 0 atom stereocenters. The molecular formula is C34H24N6O3S. The van der Waals surface area contributed by atoms with Crippen LogP contribution in [-0.4, -0.2) is 37.3 Å².